The number of hydrogen-bond donors (Lipinski definition) is 0. The highest BCUT2D eigenvalue weighted by Gasteiger charge is 2.25. The summed E-state index contributed by atoms with van der Waals surface area (Å²) in [4.78, 5) is 14.8. The van der Waals surface area contributed by atoms with Gasteiger partial charge >= 0.3 is 0 Å². The second-order valence-corrected chi connectivity index (χ2v) is 8.50. The summed E-state index contributed by atoms with van der Waals surface area (Å²) in [6, 6.07) is 13.9. The molecular formula is C20H21NO4S. The van der Waals surface area contributed by atoms with Gasteiger partial charge < -0.3 is 9.32 Å². The SMILES string of the molecule is Cc1c(C(=O)N(C)C(C)c2ccc(S(C)(=O)=O)cc2)oc2ccccc12. The number of amides is 1. The second kappa shape index (κ2) is 6.61. The zero-order valence-corrected chi connectivity index (χ0v) is 16.0. The Balaban J connectivity index is 1.88. The van der Waals surface area contributed by atoms with Crippen molar-refractivity contribution in [2.24, 2.45) is 0 Å². The van der Waals surface area contributed by atoms with Crippen LogP contribution in [-0.4, -0.2) is 32.5 Å². The number of aryl methyl sites for hydroxylation is 1. The third kappa shape index (κ3) is 3.24. The zero-order chi connectivity index (χ0) is 19.1. The third-order valence-electron chi connectivity index (χ3n) is 4.73. The molecule has 0 aliphatic carbocycles. The van der Waals surface area contributed by atoms with Gasteiger partial charge in [-0.2, -0.15) is 0 Å². The van der Waals surface area contributed by atoms with Crippen molar-refractivity contribution in [3.63, 3.8) is 0 Å². The molecule has 1 amide bonds. The van der Waals surface area contributed by atoms with Crippen LogP contribution in [0.4, 0.5) is 0 Å². The average Bonchev–Trinajstić information content (AvgIpc) is 2.96. The van der Waals surface area contributed by atoms with Crippen LogP contribution in [-0.2, 0) is 9.84 Å². The summed E-state index contributed by atoms with van der Waals surface area (Å²) in [7, 11) is -1.53. The molecule has 0 N–H and O–H groups in total. The monoisotopic (exact) mass is 371 g/mol. The molecule has 0 fully saturated rings. The maximum absolute atomic E-state index is 12.9. The number of nitrogens with zero attached hydrogens (tertiary/aromatic N) is 1. The Morgan fingerprint density at radius 2 is 1.69 bits per heavy atom. The summed E-state index contributed by atoms with van der Waals surface area (Å²) in [5.41, 5.74) is 2.35. The lowest BCUT2D eigenvalue weighted by Gasteiger charge is -2.25. The molecule has 0 aliphatic heterocycles. The van der Waals surface area contributed by atoms with Crippen LogP contribution in [0.3, 0.4) is 0 Å². The predicted molar refractivity (Wildman–Crippen MR) is 101 cm³/mol. The lowest BCUT2D eigenvalue weighted by molar-refractivity contribution is 0.0711. The molecule has 3 rings (SSSR count). The van der Waals surface area contributed by atoms with Crippen LogP contribution in [0.1, 0.15) is 34.6 Å². The van der Waals surface area contributed by atoms with E-state index in [2.05, 4.69) is 0 Å². The number of fused-ring (bicyclic) bond motifs is 1. The number of carbonyl (C=O) groups is 1. The van der Waals surface area contributed by atoms with E-state index in [0.717, 1.165) is 16.5 Å². The first kappa shape index (κ1) is 18.2. The minimum Gasteiger partial charge on any atom is -0.451 e. The van der Waals surface area contributed by atoms with E-state index in [9.17, 15) is 13.2 Å². The number of rotatable bonds is 4. The Bertz CT molecular complexity index is 1060. The van der Waals surface area contributed by atoms with E-state index in [4.69, 9.17) is 4.42 Å². The predicted octanol–water partition coefficient (Wildman–Crippen LogP) is 3.98. The molecule has 0 saturated heterocycles. The van der Waals surface area contributed by atoms with Crippen LogP contribution in [0.15, 0.2) is 57.8 Å². The lowest BCUT2D eigenvalue weighted by Crippen LogP contribution is -2.29. The summed E-state index contributed by atoms with van der Waals surface area (Å²) in [5.74, 6) is 0.117. The van der Waals surface area contributed by atoms with Crippen molar-refractivity contribution in [2.45, 2.75) is 24.8 Å². The molecule has 26 heavy (non-hydrogen) atoms. The molecule has 1 atom stereocenters. The Kier molecular flexibility index (Phi) is 4.63. The molecule has 0 aliphatic rings. The number of furan rings is 1. The number of benzene rings is 2. The normalized spacial score (nSPS) is 12.9. The Hall–Kier alpha value is -2.60. The molecular weight excluding hydrogens is 350 g/mol. The largest absolute Gasteiger partial charge is 0.451 e. The van der Waals surface area contributed by atoms with Gasteiger partial charge in [0.2, 0.25) is 0 Å². The summed E-state index contributed by atoms with van der Waals surface area (Å²) >= 11 is 0. The molecule has 5 nitrogen and oxygen atoms in total. The summed E-state index contributed by atoms with van der Waals surface area (Å²) in [6.45, 7) is 3.77. The molecule has 2 aromatic carbocycles. The van der Waals surface area contributed by atoms with Crippen molar-refractivity contribution in [3.05, 3.63) is 65.4 Å². The number of para-hydroxylation sites is 1. The van der Waals surface area contributed by atoms with Crippen LogP contribution < -0.4 is 0 Å². The minimum atomic E-state index is -3.24. The molecule has 0 spiro atoms. The van der Waals surface area contributed by atoms with Crippen LogP contribution in [0.25, 0.3) is 11.0 Å². The van der Waals surface area contributed by atoms with Crippen molar-refractivity contribution in [1.29, 1.82) is 0 Å². The van der Waals surface area contributed by atoms with Crippen LogP contribution >= 0.6 is 0 Å². The maximum atomic E-state index is 12.9. The fourth-order valence-electron chi connectivity index (χ4n) is 2.93. The quantitative estimate of drug-likeness (QED) is 0.696. The van der Waals surface area contributed by atoms with E-state index < -0.39 is 9.84 Å². The molecule has 6 heteroatoms. The Morgan fingerprint density at radius 3 is 2.27 bits per heavy atom. The highest BCUT2D eigenvalue weighted by Crippen LogP contribution is 2.28. The molecule has 1 unspecified atom stereocenters. The topological polar surface area (TPSA) is 67.6 Å². The van der Waals surface area contributed by atoms with E-state index >= 15 is 0 Å². The van der Waals surface area contributed by atoms with Crippen molar-refractivity contribution in [1.82, 2.24) is 4.90 Å². The van der Waals surface area contributed by atoms with Crippen molar-refractivity contribution in [3.8, 4) is 0 Å². The highest BCUT2D eigenvalue weighted by atomic mass is 32.2. The third-order valence-corrected chi connectivity index (χ3v) is 5.86. The van der Waals surface area contributed by atoms with E-state index in [1.165, 1.54) is 6.26 Å². The Labute approximate surface area is 153 Å². The van der Waals surface area contributed by atoms with Gasteiger partial charge in [-0.05, 0) is 37.6 Å². The van der Waals surface area contributed by atoms with E-state index in [1.807, 2.05) is 38.1 Å². The fourth-order valence-corrected chi connectivity index (χ4v) is 3.56. The molecule has 1 aromatic heterocycles. The molecule has 3 aromatic rings. The molecule has 0 bridgehead atoms. The fraction of sp³-hybridized carbons (Fsp3) is 0.250. The van der Waals surface area contributed by atoms with Crippen molar-refractivity contribution in [2.75, 3.05) is 13.3 Å². The molecule has 136 valence electrons. The van der Waals surface area contributed by atoms with E-state index in [0.29, 0.717) is 11.3 Å². The minimum absolute atomic E-state index is 0.210. The number of sulfone groups is 1. The van der Waals surface area contributed by atoms with Crippen LogP contribution in [0, 0.1) is 6.92 Å². The van der Waals surface area contributed by atoms with E-state index in [-0.39, 0.29) is 16.8 Å². The number of carbonyl (C=O) groups excluding carboxylic acids is 1. The number of hydrogen-bond acceptors (Lipinski definition) is 4. The Morgan fingerprint density at radius 1 is 1.08 bits per heavy atom. The second-order valence-electron chi connectivity index (χ2n) is 6.49. The van der Waals surface area contributed by atoms with Crippen molar-refractivity contribution >= 4 is 26.7 Å². The molecule has 1 heterocycles. The van der Waals surface area contributed by atoms with Gasteiger partial charge in [-0.25, -0.2) is 8.42 Å². The van der Waals surface area contributed by atoms with Gasteiger partial charge in [-0.3, -0.25) is 4.79 Å². The van der Waals surface area contributed by atoms with Gasteiger partial charge in [0.15, 0.2) is 15.6 Å². The van der Waals surface area contributed by atoms with E-state index in [1.54, 1.807) is 36.2 Å². The summed E-state index contributed by atoms with van der Waals surface area (Å²) in [6.07, 6.45) is 1.17. The standard InChI is InChI=1S/C20H21NO4S/c1-13-17-7-5-6-8-18(17)25-19(13)20(22)21(3)14(2)15-9-11-16(12-10-15)26(4,23)24/h5-12,14H,1-4H3. The van der Waals surface area contributed by atoms with Gasteiger partial charge in [0, 0.05) is 24.3 Å². The lowest BCUT2D eigenvalue weighted by atomic mass is 10.1. The smallest absolute Gasteiger partial charge is 0.290 e. The summed E-state index contributed by atoms with van der Waals surface area (Å²) < 4.78 is 28.9. The first-order valence-corrected chi connectivity index (χ1v) is 10.1. The van der Waals surface area contributed by atoms with Crippen LogP contribution in [0.2, 0.25) is 0 Å². The summed E-state index contributed by atoms with van der Waals surface area (Å²) in [5, 5.41) is 0.925. The average molecular weight is 371 g/mol. The van der Waals surface area contributed by atoms with Crippen LogP contribution in [0.5, 0.6) is 0 Å². The first-order valence-electron chi connectivity index (χ1n) is 8.25. The maximum Gasteiger partial charge on any atom is 0.290 e. The van der Waals surface area contributed by atoms with Gasteiger partial charge in [0.1, 0.15) is 5.58 Å². The van der Waals surface area contributed by atoms with Crippen molar-refractivity contribution < 1.29 is 17.6 Å². The highest BCUT2D eigenvalue weighted by molar-refractivity contribution is 7.90. The van der Waals surface area contributed by atoms with Gasteiger partial charge in [-0.1, -0.05) is 30.3 Å². The molecule has 0 saturated carbocycles. The van der Waals surface area contributed by atoms with Gasteiger partial charge in [-0.15, -0.1) is 0 Å². The zero-order valence-electron chi connectivity index (χ0n) is 15.2. The van der Waals surface area contributed by atoms with Gasteiger partial charge in [0.25, 0.3) is 5.91 Å². The molecule has 0 radical (unpaired) electrons. The van der Waals surface area contributed by atoms with Gasteiger partial charge in [0.05, 0.1) is 10.9 Å². The first-order chi connectivity index (χ1) is 12.2.